The van der Waals surface area contributed by atoms with Crippen LogP contribution in [0.25, 0.3) is 0 Å². The van der Waals surface area contributed by atoms with Crippen LogP contribution in [-0.4, -0.2) is 55.4 Å². The fourth-order valence-electron chi connectivity index (χ4n) is 4.29. The van der Waals surface area contributed by atoms with Crippen LogP contribution < -0.4 is 16.0 Å². The van der Waals surface area contributed by atoms with Crippen molar-refractivity contribution in [3.63, 3.8) is 0 Å². The molecule has 8 heteroatoms. The van der Waals surface area contributed by atoms with Gasteiger partial charge in [0, 0.05) is 55.8 Å². The number of guanidine groups is 1. The van der Waals surface area contributed by atoms with Crippen LogP contribution in [0.4, 0.5) is 5.69 Å². The molecule has 1 saturated heterocycles. The zero-order valence-corrected chi connectivity index (χ0v) is 19.1. The molecule has 1 aromatic carbocycles. The number of amides is 2. The number of anilines is 1. The topological polar surface area (TPSA) is 85.8 Å². The Morgan fingerprint density at radius 1 is 1.13 bits per heavy atom. The van der Waals surface area contributed by atoms with Crippen LogP contribution >= 0.6 is 11.6 Å². The molecule has 0 bridgehead atoms. The highest BCUT2D eigenvalue weighted by molar-refractivity contribution is 6.30. The van der Waals surface area contributed by atoms with Crippen LogP contribution in [0.2, 0.25) is 5.02 Å². The van der Waals surface area contributed by atoms with E-state index in [1.165, 1.54) is 19.3 Å². The number of hydrogen-bond donors (Lipinski definition) is 3. The van der Waals surface area contributed by atoms with Gasteiger partial charge in [0.25, 0.3) is 0 Å². The first-order valence-electron chi connectivity index (χ1n) is 11.4. The molecule has 1 aliphatic carbocycles. The Kier molecular flexibility index (Phi) is 9.00. The third kappa shape index (κ3) is 7.42. The van der Waals surface area contributed by atoms with Crippen LogP contribution in [0.3, 0.4) is 0 Å². The monoisotopic (exact) mass is 447 g/mol. The summed E-state index contributed by atoms with van der Waals surface area (Å²) in [6.07, 6.45) is 7.75. The number of carbonyl (C=O) groups excluding carboxylic acids is 2. The molecule has 0 radical (unpaired) electrons. The molecular formula is C23H34ClN5O2. The van der Waals surface area contributed by atoms with Gasteiger partial charge in [-0.2, -0.15) is 0 Å². The van der Waals surface area contributed by atoms with Crippen LogP contribution in [0.1, 0.15) is 51.4 Å². The number of likely N-dealkylation sites (tertiary alicyclic amines) is 1. The smallest absolute Gasteiger partial charge is 0.225 e. The van der Waals surface area contributed by atoms with Gasteiger partial charge in [-0.25, -0.2) is 0 Å². The lowest BCUT2D eigenvalue weighted by Gasteiger charge is -2.26. The van der Waals surface area contributed by atoms with Gasteiger partial charge in [-0.05, 0) is 49.9 Å². The Hall–Kier alpha value is -2.28. The quantitative estimate of drug-likeness (QED) is 0.339. The molecule has 2 aliphatic rings. The molecule has 1 saturated carbocycles. The summed E-state index contributed by atoms with van der Waals surface area (Å²) >= 11 is 5.86. The van der Waals surface area contributed by atoms with Crippen LogP contribution in [0.15, 0.2) is 29.3 Å². The van der Waals surface area contributed by atoms with Crippen molar-refractivity contribution in [3.8, 4) is 0 Å². The summed E-state index contributed by atoms with van der Waals surface area (Å²) in [6.45, 7) is 2.19. The van der Waals surface area contributed by atoms with E-state index in [1.54, 1.807) is 31.3 Å². The molecule has 1 unspecified atom stereocenters. The van der Waals surface area contributed by atoms with E-state index in [0.29, 0.717) is 30.3 Å². The predicted octanol–water partition coefficient (Wildman–Crippen LogP) is 3.40. The second-order valence-electron chi connectivity index (χ2n) is 8.41. The highest BCUT2D eigenvalue weighted by atomic mass is 35.5. The Bertz CT molecular complexity index is 762. The van der Waals surface area contributed by atoms with E-state index in [1.807, 2.05) is 4.90 Å². The molecule has 2 fully saturated rings. The molecule has 1 aromatic rings. The van der Waals surface area contributed by atoms with E-state index in [9.17, 15) is 9.59 Å². The van der Waals surface area contributed by atoms with Crippen LogP contribution in [0.5, 0.6) is 0 Å². The van der Waals surface area contributed by atoms with E-state index in [2.05, 4.69) is 20.9 Å². The molecular weight excluding hydrogens is 414 g/mol. The maximum atomic E-state index is 12.7. The minimum absolute atomic E-state index is 0.0280. The van der Waals surface area contributed by atoms with E-state index < -0.39 is 0 Å². The van der Waals surface area contributed by atoms with Gasteiger partial charge < -0.3 is 20.9 Å². The first-order chi connectivity index (χ1) is 15.0. The highest BCUT2D eigenvalue weighted by Gasteiger charge is 2.31. The Balaban J connectivity index is 1.32. The lowest BCUT2D eigenvalue weighted by atomic mass is 9.88. The molecule has 1 atom stereocenters. The van der Waals surface area contributed by atoms with Crippen molar-refractivity contribution in [3.05, 3.63) is 29.3 Å². The fourth-order valence-corrected chi connectivity index (χ4v) is 4.41. The molecule has 1 aliphatic heterocycles. The van der Waals surface area contributed by atoms with Crippen molar-refractivity contribution in [2.75, 3.05) is 32.0 Å². The van der Waals surface area contributed by atoms with E-state index in [4.69, 9.17) is 11.6 Å². The highest BCUT2D eigenvalue weighted by Crippen LogP contribution is 2.26. The molecule has 0 aromatic heterocycles. The van der Waals surface area contributed by atoms with Crippen molar-refractivity contribution in [1.29, 1.82) is 0 Å². The minimum atomic E-state index is -0.0280. The van der Waals surface area contributed by atoms with E-state index >= 15 is 0 Å². The van der Waals surface area contributed by atoms with Gasteiger partial charge in [-0.15, -0.1) is 0 Å². The molecule has 1 heterocycles. The van der Waals surface area contributed by atoms with Crippen molar-refractivity contribution >= 4 is 35.1 Å². The van der Waals surface area contributed by atoms with E-state index in [-0.39, 0.29) is 17.9 Å². The average Bonchev–Trinajstić information content (AvgIpc) is 3.26. The summed E-state index contributed by atoms with van der Waals surface area (Å²) in [6, 6.07) is 7.29. The van der Waals surface area contributed by atoms with Crippen molar-refractivity contribution in [2.24, 2.45) is 10.9 Å². The number of nitrogens with zero attached hydrogens (tertiary/aromatic N) is 2. The van der Waals surface area contributed by atoms with Gasteiger partial charge in [0.1, 0.15) is 0 Å². The predicted molar refractivity (Wildman–Crippen MR) is 125 cm³/mol. The lowest BCUT2D eigenvalue weighted by molar-refractivity contribution is -0.135. The summed E-state index contributed by atoms with van der Waals surface area (Å²) in [5, 5.41) is 10.2. The first-order valence-corrected chi connectivity index (χ1v) is 11.7. The summed E-state index contributed by atoms with van der Waals surface area (Å²) in [7, 11) is 1.74. The first kappa shape index (κ1) is 23.4. The van der Waals surface area contributed by atoms with Crippen molar-refractivity contribution < 1.29 is 9.59 Å². The standard InChI is InChI=1S/C23H34ClN5O2/c1-25-23(26-14-5-8-21(30)27-19-11-9-18(24)10-12-19)28-20-13-15-29(16-20)22(31)17-6-3-2-4-7-17/h9-12,17,20H,2-8,13-16H2,1H3,(H,27,30)(H2,25,26,28). The molecule has 170 valence electrons. The second-order valence-corrected chi connectivity index (χ2v) is 8.84. The lowest BCUT2D eigenvalue weighted by Crippen LogP contribution is -2.45. The van der Waals surface area contributed by atoms with Crippen LogP contribution in [-0.2, 0) is 9.59 Å². The van der Waals surface area contributed by atoms with Gasteiger partial charge in [-0.1, -0.05) is 30.9 Å². The molecule has 3 rings (SSSR count). The zero-order chi connectivity index (χ0) is 22.1. The number of carbonyl (C=O) groups is 2. The number of rotatable bonds is 7. The molecule has 2 amide bonds. The fraction of sp³-hybridized carbons (Fsp3) is 0.609. The third-order valence-electron chi connectivity index (χ3n) is 6.02. The Labute approximate surface area is 190 Å². The Morgan fingerprint density at radius 2 is 1.87 bits per heavy atom. The maximum absolute atomic E-state index is 12.7. The van der Waals surface area contributed by atoms with Crippen molar-refractivity contribution in [2.45, 2.75) is 57.4 Å². The maximum Gasteiger partial charge on any atom is 0.225 e. The molecule has 31 heavy (non-hydrogen) atoms. The second kappa shape index (κ2) is 11.9. The van der Waals surface area contributed by atoms with Crippen LogP contribution in [0, 0.1) is 5.92 Å². The normalized spacial score (nSPS) is 19.9. The van der Waals surface area contributed by atoms with Gasteiger partial charge in [0.15, 0.2) is 5.96 Å². The number of aliphatic imine (C=N–C) groups is 1. The summed E-state index contributed by atoms with van der Waals surface area (Å²) in [5.41, 5.74) is 0.744. The zero-order valence-electron chi connectivity index (χ0n) is 18.3. The number of hydrogen-bond acceptors (Lipinski definition) is 3. The number of nitrogens with one attached hydrogen (secondary N) is 3. The SMILES string of the molecule is CN=C(NCCCC(=O)Nc1ccc(Cl)cc1)NC1CCN(C(=O)C2CCCCC2)C1. The molecule has 7 nitrogen and oxygen atoms in total. The largest absolute Gasteiger partial charge is 0.356 e. The summed E-state index contributed by atoms with van der Waals surface area (Å²) in [4.78, 5) is 31.1. The molecule has 0 spiro atoms. The van der Waals surface area contributed by atoms with Gasteiger partial charge >= 0.3 is 0 Å². The summed E-state index contributed by atoms with van der Waals surface area (Å²) < 4.78 is 0. The minimum Gasteiger partial charge on any atom is -0.356 e. The molecule has 3 N–H and O–H groups in total. The van der Waals surface area contributed by atoms with E-state index in [0.717, 1.165) is 44.0 Å². The third-order valence-corrected chi connectivity index (χ3v) is 6.27. The van der Waals surface area contributed by atoms with Gasteiger partial charge in [0.05, 0.1) is 0 Å². The average molecular weight is 448 g/mol. The van der Waals surface area contributed by atoms with Gasteiger partial charge in [-0.3, -0.25) is 14.6 Å². The Morgan fingerprint density at radius 3 is 2.58 bits per heavy atom. The van der Waals surface area contributed by atoms with Crippen molar-refractivity contribution in [1.82, 2.24) is 15.5 Å². The summed E-state index contributed by atoms with van der Waals surface area (Å²) in [5.74, 6) is 1.25. The van der Waals surface area contributed by atoms with Gasteiger partial charge in [0.2, 0.25) is 11.8 Å². The number of halogens is 1. The number of benzene rings is 1.